The van der Waals surface area contributed by atoms with Gasteiger partial charge < -0.3 is 18.6 Å². The monoisotopic (exact) mass is 430 g/mol. The molecule has 0 bridgehead atoms. The molecule has 1 aromatic heterocycles. The first-order valence-electron chi connectivity index (χ1n) is 9.54. The van der Waals surface area contributed by atoms with E-state index in [-0.39, 0.29) is 16.5 Å². The number of nitrogens with zero attached hydrogens (tertiary/aromatic N) is 2. The molecule has 2 aromatic carbocycles. The number of benzene rings is 2. The number of aromatic nitrogens is 2. The van der Waals surface area contributed by atoms with Crippen LogP contribution in [0.4, 0.5) is 0 Å². The maximum atomic E-state index is 12.6. The fraction of sp³-hybridized carbons (Fsp3) is 0.318. The Bertz CT molecular complexity index is 1020. The van der Waals surface area contributed by atoms with Crippen molar-refractivity contribution in [2.24, 2.45) is 0 Å². The topological polar surface area (TPSA) is 83.7 Å². The molecule has 0 fully saturated rings. The molecule has 8 heteroatoms. The SMILES string of the molecule is CCCOc1c(Cl)cc(C(=O)OC(C)c2nnc(-c3ccc(C)cc3)o2)cc1OC. The van der Waals surface area contributed by atoms with E-state index < -0.39 is 12.1 Å². The number of carbonyl (C=O) groups is 1. The van der Waals surface area contributed by atoms with Crippen molar-refractivity contribution in [1.29, 1.82) is 0 Å². The molecule has 0 radical (unpaired) electrons. The Morgan fingerprint density at radius 2 is 1.93 bits per heavy atom. The van der Waals surface area contributed by atoms with E-state index in [1.807, 2.05) is 38.1 Å². The molecule has 3 rings (SSSR count). The molecule has 1 atom stereocenters. The fourth-order valence-corrected chi connectivity index (χ4v) is 2.94. The molecule has 0 spiro atoms. The van der Waals surface area contributed by atoms with Crippen LogP contribution in [0, 0.1) is 6.92 Å². The number of esters is 1. The zero-order valence-corrected chi connectivity index (χ0v) is 18.0. The van der Waals surface area contributed by atoms with Crippen LogP contribution >= 0.6 is 11.6 Å². The van der Waals surface area contributed by atoms with Gasteiger partial charge in [0.05, 0.1) is 24.3 Å². The van der Waals surface area contributed by atoms with E-state index >= 15 is 0 Å². The standard InChI is InChI=1S/C22H23ClN2O5/c1-5-10-28-19-17(23)11-16(12-18(19)27-4)22(26)29-14(3)20-24-25-21(30-20)15-8-6-13(2)7-9-15/h6-9,11-12,14H,5,10H2,1-4H3. The molecule has 0 amide bonds. The van der Waals surface area contributed by atoms with Gasteiger partial charge in [-0.15, -0.1) is 10.2 Å². The van der Waals surface area contributed by atoms with Gasteiger partial charge in [-0.2, -0.15) is 0 Å². The van der Waals surface area contributed by atoms with Crippen molar-refractivity contribution in [3.63, 3.8) is 0 Å². The Morgan fingerprint density at radius 1 is 1.20 bits per heavy atom. The van der Waals surface area contributed by atoms with Crippen LogP contribution in [0.25, 0.3) is 11.5 Å². The summed E-state index contributed by atoms with van der Waals surface area (Å²) in [4.78, 5) is 12.6. The van der Waals surface area contributed by atoms with Gasteiger partial charge in [-0.25, -0.2) is 4.79 Å². The summed E-state index contributed by atoms with van der Waals surface area (Å²) in [5.74, 6) is 0.704. The van der Waals surface area contributed by atoms with Crippen LogP contribution in [0.2, 0.25) is 5.02 Å². The van der Waals surface area contributed by atoms with Gasteiger partial charge >= 0.3 is 5.97 Å². The van der Waals surface area contributed by atoms with Gasteiger partial charge in [0, 0.05) is 5.56 Å². The quantitative estimate of drug-likeness (QED) is 0.441. The average Bonchev–Trinajstić information content (AvgIpc) is 3.23. The zero-order valence-electron chi connectivity index (χ0n) is 17.3. The van der Waals surface area contributed by atoms with Crippen LogP contribution in [0.1, 0.15) is 48.2 Å². The Kier molecular flexibility index (Phi) is 6.95. The van der Waals surface area contributed by atoms with Gasteiger partial charge in [-0.1, -0.05) is 36.2 Å². The van der Waals surface area contributed by atoms with E-state index in [1.165, 1.54) is 19.2 Å². The van der Waals surface area contributed by atoms with Gasteiger partial charge in [-0.3, -0.25) is 0 Å². The minimum Gasteiger partial charge on any atom is -0.493 e. The van der Waals surface area contributed by atoms with E-state index in [1.54, 1.807) is 6.92 Å². The number of hydrogen-bond donors (Lipinski definition) is 0. The molecule has 30 heavy (non-hydrogen) atoms. The number of ether oxygens (including phenoxy) is 3. The Hall–Kier alpha value is -3.06. The van der Waals surface area contributed by atoms with Crippen molar-refractivity contribution in [1.82, 2.24) is 10.2 Å². The van der Waals surface area contributed by atoms with Gasteiger partial charge in [0.25, 0.3) is 5.89 Å². The van der Waals surface area contributed by atoms with Gasteiger partial charge in [0.15, 0.2) is 17.6 Å². The highest BCUT2D eigenvalue weighted by molar-refractivity contribution is 6.32. The molecule has 0 N–H and O–H groups in total. The molecule has 0 aliphatic rings. The number of rotatable bonds is 8. The molecule has 0 saturated carbocycles. The molecule has 1 heterocycles. The highest BCUT2D eigenvalue weighted by Crippen LogP contribution is 2.37. The van der Waals surface area contributed by atoms with Crippen molar-refractivity contribution in [2.75, 3.05) is 13.7 Å². The number of hydrogen-bond acceptors (Lipinski definition) is 7. The summed E-state index contributed by atoms with van der Waals surface area (Å²) in [6.07, 6.45) is 0.0696. The average molecular weight is 431 g/mol. The van der Waals surface area contributed by atoms with E-state index in [9.17, 15) is 4.79 Å². The third-order valence-electron chi connectivity index (χ3n) is 4.29. The first-order valence-corrected chi connectivity index (χ1v) is 9.92. The summed E-state index contributed by atoms with van der Waals surface area (Å²) in [6.45, 7) is 6.11. The Labute approximate surface area is 179 Å². The Balaban J connectivity index is 1.74. The molecule has 158 valence electrons. The van der Waals surface area contributed by atoms with Crippen molar-refractivity contribution >= 4 is 17.6 Å². The van der Waals surface area contributed by atoms with Gasteiger partial charge in [0.1, 0.15) is 0 Å². The highest BCUT2D eigenvalue weighted by atomic mass is 35.5. The van der Waals surface area contributed by atoms with Crippen LogP contribution in [-0.4, -0.2) is 29.9 Å². The summed E-state index contributed by atoms with van der Waals surface area (Å²) in [6, 6.07) is 10.7. The van der Waals surface area contributed by atoms with E-state index in [0.29, 0.717) is 24.0 Å². The van der Waals surface area contributed by atoms with Crippen molar-refractivity contribution in [2.45, 2.75) is 33.3 Å². The van der Waals surface area contributed by atoms with Crippen LogP contribution in [0.5, 0.6) is 11.5 Å². The number of aryl methyl sites for hydroxylation is 1. The first kappa shape index (κ1) is 21.6. The second-order valence-electron chi connectivity index (χ2n) is 6.70. The van der Waals surface area contributed by atoms with Gasteiger partial charge in [-0.05, 0) is 44.5 Å². The second kappa shape index (κ2) is 9.63. The zero-order chi connectivity index (χ0) is 21.7. The summed E-state index contributed by atoms with van der Waals surface area (Å²) >= 11 is 6.28. The minimum atomic E-state index is -0.745. The second-order valence-corrected chi connectivity index (χ2v) is 7.10. The summed E-state index contributed by atoms with van der Waals surface area (Å²) in [5, 5.41) is 8.29. The van der Waals surface area contributed by atoms with Crippen LogP contribution < -0.4 is 9.47 Å². The number of carbonyl (C=O) groups excluding carboxylic acids is 1. The predicted octanol–water partition coefficient (Wildman–Crippen LogP) is 5.41. The summed E-state index contributed by atoms with van der Waals surface area (Å²) < 4.78 is 22.1. The smallest absolute Gasteiger partial charge is 0.339 e. The van der Waals surface area contributed by atoms with E-state index in [0.717, 1.165) is 17.5 Å². The summed E-state index contributed by atoms with van der Waals surface area (Å²) in [5.41, 5.74) is 2.14. The van der Waals surface area contributed by atoms with Crippen LogP contribution in [0.15, 0.2) is 40.8 Å². The maximum Gasteiger partial charge on any atom is 0.339 e. The lowest BCUT2D eigenvalue weighted by Crippen LogP contribution is -2.10. The van der Waals surface area contributed by atoms with Crippen molar-refractivity contribution in [3.05, 3.63) is 58.4 Å². The van der Waals surface area contributed by atoms with Crippen molar-refractivity contribution in [3.8, 4) is 23.0 Å². The Morgan fingerprint density at radius 3 is 2.60 bits per heavy atom. The van der Waals surface area contributed by atoms with Crippen molar-refractivity contribution < 1.29 is 23.4 Å². The minimum absolute atomic E-state index is 0.194. The third kappa shape index (κ3) is 4.91. The number of halogens is 1. The maximum absolute atomic E-state index is 12.6. The lowest BCUT2D eigenvalue weighted by molar-refractivity contribution is 0.0279. The molecule has 0 aliphatic heterocycles. The molecule has 0 aliphatic carbocycles. The highest BCUT2D eigenvalue weighted by Gasteiger charge is 2.22. The fourth-order valence-electron chi connectivity index (χ4n) is 2.67. The summed E-state index contributed by atoms with van der Waals surface area (Å²) in [7, 11) is 1.48. The number of methoxy groups -OCH3 is 1. The lowest BCUT2D eigenvalue weighted by atomic mass is 10.1. The van der Waals surface area contributed by atoms with E-state index in [4.69, 9.17) is 30.2 Å². The molecule has 1 unspecified atom stereocenters. The molecular weight excluding hydrogens is 408 g/mol. The predicted molar refractivity (Wildman–Crippen MR) is 112 cm³/mol. The lowest BCUT2D eigenvalue weighted by Gasteiger charge is -2.14. The molecule has 7 nitrogen and oxygen atoms in total. The molecule has 3 aromatic rings. The van der Waals surface area contributed by atoms with Gasteiger partial charge in [0.2, 0.25) is 5.89 Å². The van der Waals surface area contributed by atoms with E-state index in [2.05, 4.69) is 10.2 Å². The first-order chi connectivity index (χ1) is 14.4. The molecule has 0 saturated heterocycles. The molecular formula is C22H23ClN2O5. The third-order valence-corrected chi connectivity index (χ3v) is 4.57. The normalized spacial score (nSPS) is 11.8. The largest absolute Gasteiger partial charge is 0.493 e. The van der Waals surface area contributed by atoms with Crippen LogP contribution in [0.3, 0.4) is 0 Å². The van der Waals surface area contributed by atoms with Crippen LogP contribution in [-0.2, 0) is 4.74 Å².